The van der Waals surface area contributed by atoms with Crippen LogP contribution in [0.5, 0.6) is 0 Å². The Kier molecular flexibility index (Phi) is 8.17. The van der Waals surface area contributed by atoms with Gasteiger partial charge in [-0.05, 0) is 31.4 Å². The first-order chi connectivity index (χ1) is 10.4. The van der Waals surface area contributed by atoms with Crippen LogP contribution in [0.25, 0.3) is 0 Å². The summed E-state index contributed by atoms with van der Waals surface area (Å²) in [5.74, 6) is -1.06. The van der Waals surface area contributed by atoms with Gasteiger partial charge in [0.15, 0.2) is 7.91 Å². The molecule has 120 valence electrons. The van der Waals surface area contributed by atoms with Crippen molar-refractivity contribution in [2.75, 3.05) is 6.61 Å². The van der Waals surface area contributed by atoms with E-state index >= 15 is 0 Å². The molecule has 0 saturated carbocycles. The van der Waals surface area contributed by atoms with E-state index in [9.17, 15) is 9.59 Å². The number of esters is 1. The molecule has 0 saturated heterocycles. The van der Waals surface area contributed by atoms with Crippen molar-refractivity contribution in [3.8, 4) is 0 Å². The average Bonchev–Trinajstić information content (AvgIpc) is 2.99. The lowest BCUT2D eigenvalue weighted by atomic mass is 10.3. The molecule has 0 radical (unpaired) electrons. The van der Waals surface area contributed by atoms with Gasteiger partial charge in [0.05, 0.1) is 19.4 Å². The van der Waals surface area contributed by atoms with Gasteiger partial charge in [-0.3, -0.25) is 9.59 Å². The van der Waals surface area contributed by atoms with E-state index in [4.69, 9.17) is 34.3 Å². The Morgan fingerprint density at radius 1 is 1.14 bits per heavy atom. The van der Waals surface area contributed by atoms with E-state index in [1.807, 2.05) is 5.38 Å². The maximum atomic E-state index is 11.0. The fourth-order valence-electron chi connectivity index (χ4n) is 1.33. The number of aromatic nitrogens is 2. The van der Waals surface area contributed by atoms with Gasteiger partial charge < -0.3 is 19.8 Å². The van der Waals surface area contributed by atoms with E-state index in [1.54, 1.807) is 12.3 Å². The van der Waals surface area contributed by atoms with Crippen LogP contribution in [-0.2, 0) is 27.2 Å². The maximum Gasteiger partial charge on any atom is 0.311 e. The zero-order valence-electron chi connectivity index (χ0n) is 11.6. The molecule has 0 atom stereocenters. The minimum absolute atomic E-state index is 0.0210. The number of nitrogens with one attached hydrogen (secondary N) is 2. The molecular formula is C12H14N2O4S4. The van der Waals surface area contributed by atoms with Crippen molar-refractivity contribution in [1.29, 1.82) is 0 Å². The number of carboxylic acid groups (broad SMARTS) is 1. The predicted octanol–water partition coefficient (Wildman–Crippen LogP) is 3.34. The first-order valence-electron chi connectivity index (χ1n) is 6.11. The van der Waals surface area contributed by atoms with E-state index in [1.165, 1.54) is 22.7 Å². The van der Waals surface area contributed by atoms with Crippen LogP contribution in [0.1, 0.15) is 18.3 Å². The number of rotatable bonds is 5. The molecule has 2 rings (SSSR count). The summed E-state index contributed by atoms with van der Waals surface area (Å²) in [6.07, 6.45) is 0.300. The smallest absolute Gasteiger partial charge is 0.311 e. The number of thiazole rings is 2. The Hall–Kier alpha value is -1.36. The highest BCUT2D eigenvalue weighted by molar-refractivity contribution is 7.73. The third-order valence-corrected chi connectivity index (χ3v) is 4.34. The van der Waals surface area contributed by atoms with Crippen LogP contribution < -0.4 is 0 Å². The molecule has 3 N–H and O–H groups in total. The van der Waals surface area contributed by atoms with Crippen LogP contribution in [0.3, 0.4) is 0 Å². The number of hydrogen-bond donors (Lipinski definition) is 3. The lowest BCUT2D eigenvalue weighted by molar-refractivity contribution is -0.142. The maximum absolute atomic E-state index is 11.0. The molecule has 0 bridgehead atoms. The summed E-state index contributed by atoms with van der Waals surface area (Å²) in [7, 11) is 0. The topological polar surface area (TPSA) is 95.2 Å². The number of carboxylic acids is 1. The Balaban J connectivity index is 0.000000224. The second-order valence-electron chi connectivity index (χ2n) is 3.90. The average molecular weight is 379 g/mol. The van der Waals surface area contributed by atoms with Crippen molar-refractivity contribution in [3.05, 3.63) is 30.1 Å². The van der Waals surface area contributed by atoms with E-state index in [-0.39, 0.29) is 18.8 Å². The second-order valence-corrected chi connectivity index (χ2v) is 6.99. The molecule has 0 aliphatic carbocycles. The standard InChI is InChI=1S/C7H9NO2S2.C5H5NO2S2/c1-2-10-6(9)3-5-4-12-7(11)8-5;7-4(8)1-3-2-10-5(9)6-3/h4H,2-3H2,1H3,(H,8,11);2H,1H2,(H,6,9)(H,7,8). The summed E-state index contributed by atoms with van der Waals surface area (Å²) in [6.45, 7) is 2.21. The van der Waals surface area contributed by atoms with Crippen LogP contribution >= 0.6 is 47.1 Å². The summed E-state index contributed by atoms with van der Waals surface area (Å²) in [5, 5.41) is 11.9. The van der Waals surface area contributed by atoms with Gasteiger partial charge in [0.25, 0.3) is 0 Å². The van der Waals surface area contributed by atoms with Gasteiger partial charge in [-0.2, -0.15) is 0 Å². The van der Waals surface area contributed by atoms with Gasteiger partial charge in [0, 0.05) is 22.1 Å². The highest BCUT2D eigenvalue weighted by atomic mass is 32.2. The van der Waals surface area contributed by atoms with Crippen LogP contribution in [0, 0.1) is 7.91 Å². The molecule has 6 nitrogen and oxygen atoms in total. The van der Waals surface area contributed by atoms with Crippen molar-refractivity contribution in [1.82, 2.24) is 9.97 Å². The molecule has 2 aromatic heterocycles. The zero-order valence-corrected chi connectivity index (χ0v) is 14.8. The molecule has 0 amide bonds. The Labute approximate surface area is 144 Å². The highest BCUT2D eigenvalue weighted by Crippen LogP contribution is 2.05. The SMILES string of the molecule is CCOC(=O)Cc1csc(=S)[nH]1.O=C(O)Cc1csc(=S)[nH]1. The van der Waals surface area contributed by atoms with Gasteiger partial charge in [-0.1, -0.05) is 0 Å². The number of hydrogen-bond acceptors (Lipinski definition) is 7. The van der Waals surface area contributed by atoms with E-state index < -0.39 is 5.97 Å². The number of aromatic amines is 2. The molecule has 0 unspecified atom stereocenters. The second kappa shape index (κ2) is 9.62. The van der Waals surface area contributed by atoms with Gasteiger partial charge in [-0.25, -0.2) is 0 Å². The fraction of sp³-hybridized carbons (Fsp3) is 0.333. The first kappa shape index (κ1) is 18.7. The highest BCUT2D eigenvalue weighted by Gasteiger charge is 2.04. The van der Waals surface area contributed by atoms with Gasteiger partial charge in [0.2, 0.25) is 0 Å². The Morgan fingerprint density at radius 3 is 2.00 bits per heavy atom. The molecule has 0 aliphatic rings. The molecule has 0 aromatic carbocycles. The summed E-state index contributed by atoms with van der Waals surface area (Å²) >= 11 is 12.4. The summed E-state index contributed by atoms with van der Waals surface area (Å²) in [6, 6.07) is 0. The van der Waals surface area contributed by atoms with Gasteiger partial charge in [0.1, 0.15) is 0 Å². The minimum Gasteiger partial charge on any atom is -0.481 e. The molecule has 22 heavy (non-hydrogen) atoms. The number of H-pyrrole nitrogens is 2. The fourth-order valence-corrected chi connectivity index (χ4v) is 3.05. The predicted molar refractivity (Wildman–Crippen MR) is 90.7 cm³/mol. The van der Waals surface area contributed by atoms with Crippen molar-refractivity contribution in [3.63, 3.8) is 0 Å². The third kappa shape index (κ3) is 7.59. The molecule has 0 spiro atoms. The number of carbonyl (C=O) groups excluding carboxylic acids is 1. The quantitative estimate of drug-likeness (QED) is 0.545. The van der Waals surface area contributed by atoms with E-state index in [2.05, 4.69) is 9.97 Å². The molecule has 10 heteroatoms. The molecule has 2 aromatic rings. The van der Waals surface area contributed by atoms with E-state index in [0.29, 0.717) is 20.2 Å². The van der Waals surface area contributed by atoms with Crippen LogP contribution in [0.4, 0.5) is 0 Å². The van der Waals surface area contributed by atoms with Gasteiger partial charge >= 0.3 is 11.9 Å². The number of aliphatic carboxylic acids is 1. The Bertz CT molecular complexity index is 728. The summed E-state index contributed by atoms with van der Waals surface area (Å²) < 4.78 is 6.08. The Morgan fingerprint density at radius 2 is 1.64 bits per heavy atom. The van der Waals surface area contributed by atoms with Crippen LogP contribution in [0.15, 0.2) is 10.8 Å². The van der Waals surface area contributed by atoms with Crippen molar-refractivity contribution >= 4 is 59.0 Å². The van der Waals surface area contributed by atoms with Crippen LogP contribution in [0.2, 0.25) is 0 Å². The van der Waals surface area contributed by atoms with Crippen molar-refractivity contribution in [2.24, 2.45) is 0 Å². The zero-order chi connectivity index (χ0) is 16.5. The number of carbonyl (C=O) groups is 2. The molecule has 0 aliphatic heterocycles. The molecule has 2 heterocycles. The van der Waals surface area contributed by atoms with E-state index in [0.717, 1.165) is 5.69 Å². The first-order valence-corrected chi connectivity index (χ1v) is 8.69. The summed E-state index contributed by atoms with van der Waals surface area (Å²) in [5.41, 5.74) is 1.49. The van der Waals surface area contributed by atoms with Crippen LogP contribution in [-0.4, -0.2) is 33.6 Å². The summed E-state index contributed by atoms with van der Waals surface area (Å²) in [4.78, 5) is 26.7. The third-order valence-electron chi connectivity index (χ3n) is 2.12. The van der Waals surface area contributed by atoms with Crippen molar-refractivity contribution in [2.45, 2.75) is 19.8 Å². The molecular weight excluding hydrogens is 364 g/mol. The van der Waals surface area contributed by atoms with Gasteiger partial charge in [-0.15, -0.1) is 22.7 Å². The monoisotopic (exact) mass is 378 g/mol. The van der Waals surface area contributed by atoms with Crippen molar-refractivity contribution < 1.29 is 19.4 Å². The molecule has 0 fully saturated rings. The normalized spacial score (nSPS) is 9.68. The lowest BCUT2D eigenvalue weighted by Gasteiger charge is -1.97. The lowest BCUT2D eigenvalue weighted by Crippen LogP contribution is -2.07. The largest absolute Gasteiger partial charge is 0.481 e. The minimum atomic E-state index is -0.843. The number of ether oxygens (including phenoxy) is 1.